The molecule has 3 unspecified atom stereocenters. The molecule has 0 heterocycles. The van der Waals surface area contributed by atoms with Gasteiger partial charge in [-0.25, -0.2) is 0 Å². The predicted octanol–water partition coefficient (Wildman–Crippen LogP) is 6.92. The van der Waals surface area contributed by atoms with Gasteiger partial charge in [-0.05, 0) is 116 Å². The number of hydrogen-bond acceptors (Lipinski definition) is 4. The monoisotopic (exact) mass is 551 g/mol. The third-order valence-corrected chi connectivity index (χ3v) is 12.6. The van der Waals surface area contributed by atoms with Crippen molar-refractivity contribution in [3.05, 3.63) is 35.9 Å². The fourth-order valence-electron chi connectivity index (χ4n) is 10.5. The molecule has 0 radical (unpaired) electrons. The second-order valence-electron chi connectivity index (χ2n) is 14.5. The molecule has 0 aromatic heterocycles. The number of carbonyl (C=O) groups is 2. The lowest BCUT2D eigenvalue weighted by Gasteiger charge is -2.63. The number of rotatable bonds is 9. The van der Waals surface area contributed by atoms with Crippen LogP contribution in [0.1, 0.15) is 104 Å². The maximum atomic E-state index is 12.6. The number of aliphatic hydroxyl groups excluding tert-OH is 1. The number of fused-ring (bicyclic) bond motifs is 5. The molecule has 0 aliphatic heterocycles. The summed E-state index contributed by atoms with van der Waals surface area (Å²) >= 11 is 0. The zero-order chi connectivity index (χ0) is 28.5. The van der Waals surface area contributed by atoms with Crippen molar-refractivity contribution in [1.29, 1.82) is 0 Å². The number of esters is 1. The Balaban J connectivity index is 1.13. The Morgan fingerprint density at radius 3 is 2.48 bits per heavy atom. The second kappa shape index (κ2) is 12.2. The molecule has 0 spiro atoms. The third kappa shape index (κ3) is 5.74. The quantitative estimate of drug-likeness (QED) is 0.327. The van der Waals surface area contributed by atoms with Crippen molar-refractivity contribution in [2.24, 2.45) is 52.3 Å². The highest BCUT2D eigenvalue weighted by atomic mass is 16.5. The summed E-state index contributed by atoms with van der Waals surface area (Å²) in [5.74, 6) is 4.60. The fraction of sp³-hybridized carbons (Fsp3) is 0.771. The summed E-state index contributed by atoms with van der Waals surface area (Å²) in [5.41, 5.74) is 1.71. The Kier molecular flexibility index (Phi) is 9.00. The Hall–Kier alpha value is -1.88. The van der Waals surface area contributed by atoms with Gasteiger partial charge in [0.1, 0.15) is 13.2 Å². The minimum atomic E-state index is -0.394. The maximum Gasteiger partial charge on any atom is 0.325 e. The van der Waals surface area contributed by atoms with Gasteiger partial charge in [0.15, 0.2) is 0 Å². The SMILES string of the molecule is CC[C@H]1C[C@@H]2C(CC[C@@]3(C)C2CC[C@@H]3[C@H](C)CCC(=O)NCC(=O)OCc2ccccc2)[C@@]2(C)CC[C@@H](O)CC12. The zero-order valence-electron chi connectivity index (χ0n) is 25.4. The standard InChI is InChI=1S/C35H53NO4/c1-5-25-19-27-29-13-12-28(34(29,3)18-16-30(27)35(4)17-15-26(37)20-31(25)35)23(2)11-14-32(38)36-21-33(39)40-22-24-9-7-6-8-10-24/h6-10,23,25-31,37H,5,11-22H2,1-4H3,(H,36,38)/t23-,25+,26-,27+,28-,29?,30?,31?,34-,35-/m1/s1. The number of hydrogen-bond donors (Lipinski definition) is 2. The van der Waals surface area contributed by atoms with E-state index in [0.29, 0.717) is 35.0 Å². The molecular formula is C35H53NO4. The van der Waals surface area contributed by atoms with E-state index in [1.54, 1.807) is 0 Å². The van der Waals surface area contributed by atoms with E-state index in [1.165, 1.54) is 44.9 Å². The maximum absolute atomic E-state index is 12.6. The smallest absolute Gasteiger partial charge is 0.325 e. The van der Waals surface area contributed by atoms with Crippen LogP contribution in [-0.2, 0) is 20.9 Å². The minimum absolute atomic E-state index is 0.0524. The number of benzene rings is 1. The van der Waals surface area contributed by atoms with E-state index in [4.69, 9.17) is 4.74 Å². The summed E-state index contributed by atoms with van der Waals surface area (Å²) in [6.45, 7) is 10.1. The largest absolute Gasteiger partial charge is 0.460 e. The van der Waals surface area contributed by atoms with Crippen molar-refractivity contribution in [2.75, 3.05) is 6.54 Å². The second-order valence-corrected chi connectivity index (χ2v) is 14.5. The fourth-order valence-corrected chi connectivity index (χ4v) is 10.5. The van der Waals surface area contributed by atoms with E-state index in [2.05, 4.69) is 33.0 Å². The highest BCUT2D eigenvalue weighted by Crippen LogP contribution is 2.69. The summed E-state index contributed by atoms with van der Waals surface area (Å²) in [6.07, 6.45) is 12.3. The molecule has 10 atom stereocenters. The molecule has 222 valence electrons. The Morgan fingerprint density at radius 1 is 1.00 bits per heavy atom. The molecule has 1 aromatic rings. The van der Waals surface area contributed by atoms with Gasteiger partial charge in [-0.1, -0.05) is 64.4 Å². The molecule has 40 heavy (non-hydrogen) atoms. The van der Waals surface area contributed by atoms with Crippen molar-refractivity contribution in [3.63, 3.8) is 0 Å². The summed E-state index contributed by atoms with van der Waals surface area (Å²) in [4.78, 5) is 24.7. The number of ether oxygens (including phenoxy) is 1. The molecule has 5 rings (SSSR count). The highest BCUT2D eigenvalue weighted by Gasteiger charge is 2.62. The number of carbonyl (C=O) groups excluding carboxylic acids is 2. The predicted molar refractivity (Wildman–Crippen MR) is 158 cm³/mol. The lowest BCUT2D eigenvalue weighted by molar-refractivity contribution is -0.152. The molecule has 1 aromatic carbocycles. The third-order valence-electron chi connectivity index (χ3n) is 12.6. The first-order valence-corrected chi connectivity index (χ1v) is 16.3. The molecule has 5 heteroatoms. The normalized spacial score (nSPS) is 39.4. The molecule has 0 bridgehead atoms. The first kappa shape index (κ1) is 29.6. The topological polar surface area (TPSA) is 75.6 Å². The van der Waals surface area contributed by atoms with E-state index in [-0.39, 0.29) is 25.2 Å². The van der Waals surface area contributed by atoms with Crippen LogP contribution in [0.4, 0.5) is 0 Å². The summed E-state index contributed by atoms with van der Waals surface area (Å²) in [6, 6.07) is 9.60. The molecule has 4 saturated carbocycles. The molecule has 0 saturated heterocycles. The van der Waals surface area contributed by atoms with Crippen molar-refractivity contribution in [2.45, 2.75) is 111 Å². The molecule has 2 N–H and O–H groups in total. The lowest BCUT2D eigenvalue weighted by atomic mass is 9.42. The van der Waals surface area contributed by atoms with Gasteiger partial charge in [0.25, 0.3) is 0 Å². The summed E-state index contributed by atoms with van der Waals surface area (Å²) < 4.78 is 5.30. The van der Waals surface area contributed by atoms with Crippen LogP contribution in [0.3, 0.4) is 0 Å². The average molecular weight is 552 g/mol. The van der Waals surface area contributed by atoms with Crippen LogP contribution in [0, 0.1) is 52.3 Å². The van der Waals surface area contributed by atoms with Gasteiger partial charge in [0.05, 0.1) is 6.10 Å². The van der Waals surface area contributed by atoms with Gasteiger partial charge >= 0.3 is 5.97 Å². The molecular weight excluding hydrogens is 498 g/mol. The molecule has 1 amide bonds. The first-order valence-electron chi connectivity index (χ1n) is 16.3. The van der Waals surface area contributed by atoms with E-state index in [0.717, 1.165) is 48.5 Å². The molecule has 5 nitrogen and oxygen atoms in total. The summed E-state index contributed by atoms with van der Waals surface area (Å²) in [5, 5.41) is 13.3. The molecule has 4 aliphatic rings. The van der Waals surface area contributed by atoms with Crippen molar-refractivity contribution < 1.29 is 19.4 Å². The van der Waals surface area contributed by atoms with Crippen LogP contribution in [0.25, 0.3) is 0 Å². The van der Waals surface area contributed by atoms with Crippen LogP contribution >= 0.6 is 0 Å². The van der Waals surface area contributed by atoms with Crippen molar-refractivity contribution in [1.82, 2.24) is 5.32 Å². The van der Waals surface area contributed by atoms with Gasteiger partial charge in [0, 0.05) is 6.42 Å². The van der Waals surface area contributed by atoms with Gasteiger partial charge in [-0.3, -0.25) is 9.59 Å². The molecule has 4 fully saturated rings. The van der Waals surface area contributed by atoms with Crippen LogP contribution in [0.5, 0.6) is 0 Å². The lowest BCUT2D eigenvalue weighted by Crippen LogP contribution is -2.56. The van der Waals surface area contributed by atoms with E-state index < -0.39 is 5.97 Å². The summed E-state index contributed by atoms with van der Waals surface area (Å²) in [7, 11) is 0. The minimum Gasteiger partial charge on any atom is -0.460 e. The van der Waals surface area contributed by atoms with Crippen molar-refractivity contribution >= 4 is 11.9 Å². The Bertz CT molecular complexity index is 1030. The number of aliphatic hydroxyl groups is 1. The number of amides is 1. The van der Waals surface area contributed by atoms with Crippen molar-refractivity contribution in [3.8, 4) is 0 Å². The van der Waals surface area contributed by atoms with Gasteiger partial charge in [0.2, 0.25) is 5.91 Å². The van der Waals surface area contributed by atoms with Crippen LogP contribution in [-0.4, -0.2) is 29.6 Å². The van der Waals surface area contributed by atoms with E-state index in [1.807, 2.05) is 30.3 Å². The van der Waals surface area contributed by atoms with Crippen LogP contribution < -0.4 is 5.32 Å². The first-order chi connectivity index (χ1) is 19.2. The highest BCUT2D eigenvalue weighted by molar-refractivity contribution is 5.81. The van der Waals surface area contributed by atoms with E-state index >= 15 is 0 Å². The van der Waals surface area contributed by atoms with Gasteiger partial charge in [-0.2, -0.15) is 0 Å². The van der Waals surface area contributed by atoms with Crippen LogP contribution in [0.15, 0.2) is 30.3 Å². The van der Waals surface area contributed by atoms with Gasteiger partial charge in [-0.15, -0.1) is 0 Å². The Morgan fingerprint density at radius 2 is 1.73 bits per heavy atom. The average Bonchev–Trinajstić information content (AvgIpc) is 3.31. The van der Waals surface area contributed by atoms with Crippen LogP contribution in [0.2, 0.25) is 0 Å². The van der Waals surface area contributed by atoms with Gasteiger partial charge < -0.3 is 15.2 Å². The zero-order valence-corrected chi connectivity index (χ0v) is 25.4. The van der Waals surface area contributed by atoms with E-state index in [9.17, 15) is 14.7 Å². The number of nitrogens with one attached hydrogen (secondary N) is 1. The Labute approximate surface area is 242 Å². The molecule has 4 aliphatic carbocycles.